The Balaban J connectivity index is 1.98. The van der Waals surface area contributed by atoms with Crippen LogP contribution in [0.1, 0.15) is 51.1 Å². The van der Waals surface area contributed by atoms with Crippen molar-refractivity contribution in [2.75, 3.05) is 11.9 Å². The molecule has 0 aromatic carbocycles. The number of hydrogen-bond donors (Lipinski definition) is 1. The van der Waals surface area contributed by atoms with Crippen LogP contribution in [-0.4, -0.2) is 33.2 Å². The number of amides is 1. The van der Waals surface area contributed by atoms with Crippen LogP contribution in [0.4, 0.5) is 10.7 Å². The van der Waals surface area contributed by atoms with Crippen LogP contribution in [0.3, 0.4) is 0 Å². The molecule has 0 saturated heterocycles. The third-order valence-corrected chi connectivity index (χ3v) is 5.42. The number of nitrogens with one attached hydrogen (secondary N) is 1. The quantitative estimate of drug-likeness (QED) is 0.486. The molecule has 1 aliphatic carbocycles. The standard InChI is InChI=1S/C16H18N4O5S/c1-3-25-16(22)12-9-6-4-5-7-11(9)26-15(12)18-14(21)13-10(20(23)24)8-17-19(13)2/h8H,3-7H2,1-2H3,(H,18,21). The predicted octanol–water partition coefficient (Wildman–Crippen LogP) is 2.70. The number of aryl methyl sites for hydroxylation is 2. The van der Waals surface area contributed by atoms with E-state index in [0.717, 1.165) is 47.0 Å². The molecule has 1 amide bonds. The van der Waals surface area contributed by atoms with Crippen LogP contribution in [0.2, 0.25) is 0 Å². The van der Waals surface area contributed by atoms with E-state index in [0.29, 0.717) is 10.6 Å². The zero-order valence-corrected chi connectivity index (χ0v) is 15.2. The second kappa shape index (κ2) is 7.24. The van der Waals surface area contributed by atoms with Gasteiger partial charge in [-0.2, -0.15) is 5.10 Å². The van der Waals surface area contributed by atoms with E-state index in [9.17, 15) is 19.7 Å². The maximum Gasteiger partial charge on any atom is 0.341 e. The topological polar surface area (TPSA) is 116 Å². The molecular weight excluding hydrogens is 360 g/mol. The number of carbonyl (C=O) groups is 2. The van der Waals surface area contributed by atoms with E-state index in [4.69, 9.17) is 4.74 Å². The fraction of sp³-hybridized carbons (Fsp3) is 0.438. The lowest BCUT2D eigenvalue weighted by Gasteiger charge is -2.12. The van der Waals surface area contributed by atoms with E-state index >= 15 is 0 Å². The van der Waals surface area contributed by atoms with Gasteiger partial charge in [0, 0.05) is 11.9 Å². The van der Waals surface area contributed by atoms with Crippen molar-refractivity contribution in [2.24, 2.45) is 7.05 Å². The summed E-state index contributed by atoms with van der Waals surface area (Å²) in [5.74, 6) is -1.16. The van der Waals surface area contributed by atoms with Gasteiger partial charge in [0.1, 0.15) is 11.2 Å². The van der Waals surface area contributed by atoms with Crippen LogP contribution >= 0.6 is 11.3 Å². The van der Waals surface area contributed by atoms with Gasteiger partial charge in [0.05, 0.1) is 17.1 Å². The summed E-state index contributed by atoms with van der Waals surface area (Å²) in [4.78, 5) is 36.6. The molecule has 26 heavy (non-hydrogen) atoms. The minimum Gasteiger partial charge on any atom is -0.462 e. The maximum atomic E-state index is 12.6. The van der Waals surface area contributed by atoms with Gasteiger partial charge >= 0.3 is 11.7 Å². The zero-order chi connectivity index (χ0) is 18.8. The van der Waals surface area contributed by atoms with Crippen LogP contribution in [0.5, 0.6) is 0 Å². The van der Waals surface area contributed by atoms with Crippen LogP contribution < -0.4 is 5.32 Å². The Morgan fingerprint density at radius 1 is 1.42 bits per heavy atom. The van der Waals surface area contributed by atoms with Gasteiger partial charge in [0.25, 0.3) is 5.91 Å². The highest BCUT2D eigenvalue weighted by Crippen LogP contribution is 2.39. The predicted molar refractivity (Wildman–Crippen MR) is 94.7 cm³/mol. The lowest BCUT2D eigenvalue weighted by Crippen LogP contribution is -2.19. The molecule has 0 saturated carbocycles. The van der Waals surface area contributed by atoms with Crippen LogP contribution in [-0.2, 0) is 24.6 Å². The number of nitrogens with zero attached hydrogens (tertiary/aromatic N) is 3. The summed E-state index contributed by atoms with van der Waals surface area (Å²) in [6.45, 7) is 1.94. The van der Waals surface area contributed by atoms with Gasteiger partial charge in [-0.05, 0) is 38.2 Å². The molecule has 1 aliphatic rings. The summed E-state index contributed by atoms with van der Waals surface area (Å²) >= 11 is 1.33. The molecule has 2 aromatic heterocycles. The highest BCUT2D eigenvalue weighted by molar-refractivity contribution is 7.17. The third-order valence-electron chi connectivity index (χ3n) is 4.21. The van der Waals surface area contributed by atoms with Gasteiger partial charge in [0.2, 0.25) is 5.69 Å². The van der Waals surface area contributed by atoms with Gasteiger partial charge in [-0.1, -0.05) is 0 Å². The largest absolute Gasteiger partial charge is 0.462 e. The molecule has 0 fully saturated rings. The number of esters is 1. The minimum atomic E-state index is -0.680. The van der Waals surface area contributed by atoms with E-state index in [1.165, 1.54) is 18.4 Å². The first-order valence-electron chi connectivity index (χ1n) is 8.23. The summed E-state index contributed by atoms with van der Waals surface area (Å²) in [5.41, 5.74) is 0.722. The molecule has 1 N–H and O–H groups in total. The van der Waals surface area contributed by atoms with E-state index in [2.05, 4.69) is 10.4 Å². The molecule has 138 valence electrons. The number of rotatable bonds is 5. The molecule has 0 radical (unpaired) electrons. The highest BCUT2D eigenvalue weighted by Gasteiger charge is 2.30. The molecule has 0 spiro atoms. The molecule has 9 nitrogen and oxygen atoms in total. The number of ether oxygens (including phenoxy) is 1. The summed E-state index contributed by atoms with van der Waals surface area (Å²) in [7, 11) is 1.45. The van der Waals surface area contributed by atoms with E-state index in [-0.39, 0.29) is 18.0 Å². The third kappa shape index (κ3) is 3.19. The molecule has 0 unspecified atom stereocenters. The van der Waals surface area contributed by atoms with E-state index in [1.54, 1.807) is 6.92 Å². The highest BCUT2D eigenvalue weighted by atomic mass is 32.1. The number of hydrogen-bond acceptors (Lipinski definition) is 7. The normalized spacial score (nSPS) is 13.2. The van der Waals surface area contributed by atoms with Gasteiger partial charge < -0.3 is 10.1 Å². The van der Waals surface area contributed by atoms with Gasteiger partial charge in [0.15, 0.2) is 0 Å². The summed E-state index contributed by atoms with van der Waals surface area (Å²) in [5, 5.41) is 17.9. The van der Waals surface area contributed by atoms with Crippen molar-refractivity contribution in [3.8, 4) is 0 Å². The zero-order valence-electron chi connectivity index (χ0n) is 14.4. The number of thiophene rings is 1. The molecule has 0 bridgehead atoms. The molecule has 0 aliphatic heterocycles. The van der Waals surface area contributed by atoms with Gasteiger partial charge in [-0.25, -0.2) is 4.79 Å². The lowest BCUT2D eigenvalue weighted by atomic mass is 9.95. The fourth-order valence-corrected chi connectivity index (χ4v) is 4.33. The van der Waals surface area contributed by atoms with Crippen molar-refractivity contribution in [1.82, 2.24) is 9.78 Å². The van der Waals surface area contributed by atoms with Crippen molar-refractivity contribution in [3.05, 3.63) is 38.0 Å². The Morgan fingerprint density at radius 3 is 2.85 bits per heavy atom. The van der Waals surface area contributed by atoms with Crippen molar-refractivity contribution < 1.29 is 19.2 Å². The maximum absolute atomic E-state index is 12.6. The van der Waals surface area contributed by atoms with Crippen molar-refractivity contribution >= 4 is 33.9 Å². The van der Waals surface area contributed by atoms with Crippen LogP contribution in [0.25, 0.3) is 0 Å². The minimum absolute atomic E-state index is 0.170. The van der Waals surface area contributed by atoms with Crippen LogP contribution in [0.15, 0.2) is 6.20 Å². The smallest absolute Gasteiger partial charge is 0.341 e. The average Bonchev–Trinajstić information content (AvgIpc) is 3.15. The Labute approximate surface area is 153 Å². The number of aromatic nitrogens is 2. The lowest BCUT2D eigenvalue weighted by molar-refractivity contribution is -0.385. The number of fused-ring (bicyclic) bond motifs is 1. The first kappa shape index (κ1) is 18.1. The molecule has 10 heteroatoms. The van der Waals surface area contributed by atoms with Gasteiger partial charge in [-0.3, -0.25) is 19.6 Å². The fourth-order valence-electron chi connectivity index (χ4n) is 3.06. The first-order chi connectivity index (χ1) is 12.4. The molecular formula is C16H18N4O5S. The molecule has 2 aromatic rings. The average molecular weight is 378 g/mol. The first-order valence-corrected chi connectivity index (χ1v) is 9.05. The molecule has 2 heterocycles. The molecule has 3 rings (SSSR count). The van der Waals surface area contributed by atoms with Crippen molar-refractivity contribution in [1.29, 1.82) is 0 Å². The number of carbonyl (C=O) groups excluding carboxylic acids is 2. The summed E-state index contributed by atoms with van der Waals surface area (Å²) in [6.07, 6.45) is 4.61. The Morgan fingerprint density at radius 2 is 2.15 bits per heavy atom. The Kier molecular flexibility index (Phi) is 5.03. The van der Waals surface area contributed by atoms with E-state index < -0.39 is 16.8 Å². The summed E-state index contributed by atoms with van der Waals surface area (Å²) < 4.78 is 6.29. The van der Waals surface area contributed by atoms with Crippen molar-refractivity contribution in [2.45, 2.75) is 32.6 Å². The number of nitro groups is 1. The molecule has 0 atom stereocenters. The Bertz CT molecular complexity index is 886. The Hall–Kier alpha value is -2.75. The number of anilines is 1. The monoisotopic (exact) mass is 378 g/mol. The van der Waals surface area contributed by atoms with Crippen LogP contribution in [0, 0.1) is 10.1 Å². The second-order valence-corrected chi connectivity index (χ2v) is 6.95. The SMILES string of the molecule is CCOC(=O)c1c(NC(=O)c2c([N+](=O)[O-])cnn2C)sc2c1CCCC2. The summed E-state index contributed by atoms with van der Waals surface area (Å²) in [6, 6.07) is 0. The van der Waals surface area contributed by atoms with Crippen molar-refractivity contribution in [3.63, 3.8) is 0 Å². The van der Waals surface area contributed by atoms with E-state index in [1.807, 2.05) is 0 Å². The second-order valence-electron chi connectivity index (χ2n) is 5.85. The van der Waals surface area contributed by atoms with Gasteiger partial charge in [-0.15, -0.1) is 11.3 Å².